The van der Waals surface area contributed by atoms with Gasteiger partial charge in [0, 0.05) is 19.7 Å². The highest BCUT2D eigenvalue weighted by molar-refractivity contribution is 7.52. The van der Waals surface area contributed by atoms with Crippen LogP contribution in [0.1, 0.15) is 0 Å². The molecule has 9 heavy (non-hydrogen) atoms. The van der Waals surface area contributed by atoms with Crippen LogP contribution in [0.3, 0.4) is 0 Å². The van der Waals surface area contributed by atoms with E-state index >= 15 is 0 Å². The van der Waals surface area contributed by atoms with E-state index in [4.69, 9.17) is 4.52 Å². The molecular formula is C5H15N2OP. The van der Waals surface area contributed by atoms with Crippen LogP contribution < -0.4 is 10.6 Å². The van der Waals surface area contributed by atoms with Gasteiger partial charge in [0.1, 0.15) is 0 Å². The fourth-order valence-electron chi connectivity index (χ4n) is 0.538. The summed E-state index contributed by atoms with van der Waals surface area (Å²) in [5.74, 6) is 0. The first-order valence-corrected chi connectivity index (χ1v) is 4.56. The van der Waals surface area contributed by atoms with Crippen molar-refractivity contribution < 1.29 is 4.52 Å². The lowest BCUT2D eigenvalue weighted by molar-refractivity contribution is 0.456. The molecule has 0 bridgehead atoms. The summed E-state index contributed by atoms with van der Waals surface area (Å²) in [6.45, 7) is 0. The van der Waals surface area contributed by atoms with Crippen LogP contribution in [0.15, 0.2) is 0 Å². The summed E-state index contributed by atoms with van der Waals surface area (Å²) in [5, 5.41) is 6.13. The van der Waals surface area contributed by atoms with Crippen molar-refractivity contribution in [3.05, 3.63) is 0 Å². The third-order valence-corrected chi connectivity index (χ3v) is 2.78. The van der Waals surface area contributed by atoms with Gasteiger partial charge in [-0.3, -0.25) is 0 Å². The molecule has 0 amide bonds. The smallest absolute Gasteiger partial charge is 0.0570 e. The van der Waals surface area contributed by atoms with Crippen molar-refractivity contribution in [2.75, 3.05) is 33.8 Å². The molecule has 0 rings (SSSR count). The largest absolute Gasteiger partial charge is 0.360 e. The fourth-order valence-corrected chi connectivity index (χ4v) is 1.61. The quantitative estimate of drug-likeness (QED) is 0.556. The zero-order valence-electron chi connectivity index (χ0n) is 6.27. The van der Waals surface area contributed by atoms with Crippen LogP contribution in [0, 0.1) is 0 Å². The molecule has 0 heterocycles. The maximum atomic E-state index is 5.17. The predicted octanol–water partition coefficient (Wildman–Crippen LogP) is 0.383. The molecule has 0 aromatic rings. The topological polar surface area (TPSA) is 33.3 Å². The van der Waals surface area contributed by atoms with E-state index in [1.165, 1.54) is 0 Å². The van der Waals surface area contributed by atoms with E-state index in [9.17, 15) is 0 Å². The lowest BCUT2D eigenvalue weighted by Gasteiger charge is -2.12. The molecule has 0 aliphatic carbocycles. The average molecular weight is 150 g/mol. The van der Waals surface area contributed by atoms with Gasteiger partial charge in [0.15, 0.2) is 0 Å². The fraction of sp³-hybridized carbons (Fsp3) is 1.00. The monoisotopic (exact) mass is 150 g/mol. The van der Waals surface area contributed by atoms with Crippen molar-refractivity contribution in [2.45, 2.75) is 0 Å². The maximum absolute atomic E-state index is 5.17. The van der Waals surface area contributed by atoms with Crippen LogP contribution in [0.25, 0.3) is 0 Å². The van der Waals surface area contributed by atoms with Gasteiger partial charge < -0.3 is 15.2 Å². The highest BCUT2D eigenvalue weighted by Crippen LogP contribution is 2.31. The normalized spacial score (nSPS) is 10.7. The summed E-state index contributed by atoms with van der Waals surface area (Å²) in [6.07, 6.45) is 1.93. The molecule has 0 aromatic heterocycles. The van der Waals surface area contributed by atoms with E-state index < -0.39 is 0 Å². The Hall–Kier alpha value is 0.310. The molecule has 0 aliphatic rings. The third-order valence-electron chi connectivity index (χ3n) is 0.927. The zero-order chi connectivity index (χ0) is 7.11. The van der Waals surface area contributed by atoms with Gasteiger partial charge in [0.2, 0.25) is 0 Å². The van der Waals surface area contributed by atoms with Crippen molar-refractivity contribution in [1.82, 2.24) is 10.6 Å². The molecule has 0 saturated heterocycles. The minimum atomic E-state index is -0.281. The minimum Gasteiger partial charge on any atom is -0.360 e. The first-order valence-electron chi connectivity index (χ1n) is 2.93. The maximum Gasteiger partial charge on any atom is 0.0570 e. The summed E-state index contributed by atoms with van der Waals surface area (Å²) in [7, 11) is 5.34. The second-order valence-corrected chi connectivity index (χ2v) is 3.65. The Balaban J connectivity index is 3.18. The number of nitrogens with one attached hydrogen (secondary N) is 2. The van der Waals surface area contributed by atoms with Gasteiger partial charge in [0.25, 0.3) is 0 Å². The molecule has 0 fully saturated rings. The molecule has 0 unspecified atom stereocenters. The van der Waals surface area contributed by atoms with Gasteiger partial charge in [-0.15, -0.1) is 0 Å². The van der Waals surface area contributed by atoms with Crippen molar-refractivity contribution in [3.8, 4) is 0 Å². The van der Waals surface area contributed by atoms with Gasteiger partial charge in [-0.1, -0.05) is 0 Å². The molecule has 3 nitrogen and oxygen atoms in total. The Morgan fingerprint density at radius 3 is 1.89 bits per heavy atom. The van der Waals surface area contributed by atoms with Crippen LogP contribution in [0.4, 0.5) is 0 Å². The second kappa shape index (κ2) is 6.43. The van der Waals surface area contributed by atoms with E-state index in [-0.39, 0.29) is 8.15 Å². The Morgan fingerprint density at radius 1 is 1.22 bits per heavy atom. The average Bonchev–Trinajstić information content (AvgIpc) is 1.88. The molecule has 0 atom stereocenters. The molecule has 0 spiro atoms. The van der Waals surface area contributed by atoms with E-state index in [2.05, 4.69) is 10.6 Å². The van der Waals surface area contributed by atoms with Crippen molar-refractivity contribution in [3.63, 3.8) is 0 Å². The number of rotatable bonds is 5. The standard InChI is InChI=1S/C5H15N2OP/c1-6-4-9(8-3)5-7-2/h6-7H,4-5H2,1-3H3. The first-order chi connectivity index (χ1) is 4.35. The van der Waals surface area contributed by atoms with Crippen LogP contribution in [-0.2, 0) is 4.52 Å². The van der Waals surface area contributed by atoms with Crippen molar-refractivity contribution >= 4 is 8.15 Å². The molecule has 4 heteroatoms. The summed E-state index contributed by atoms with van der Waals surface area (Å²) in [4.78, 5) is 0. The van der Waals surface area contributed by atoms with Gasteiger partial charge >= 0.3 is 0 Å². The SMILES string of the molecule is CNCP(CNC)OC. The number of hydrogen-bond acceptors (Lipinski definition) is 3. The Morgan fingerprint density at radius 2 is 1.67 bits per heavy atom. The molecule has 0 radical (unpaired) electrons. The molecule has 0 aliphatic heterocycles. The molecule has 2 N–H and O–H groups in total. The number of hydrogen-bond donors (Lipinski definition) is 2. The van der Waals surface area contributed by atoms with Crippen molar-refractivity contribution in [1.29, 1.82) is 0 Å². The van der Waals surface area contributed by atoms with Crippen LogP contribution >= 0.6 is 8.15 Å². The summed E-state index contributed by atoms with van der Waals surface area (Å²) >= 11 is 0. The highest BCUT2D eigenvalue weighted by atomic mass is 31.1. The van der Waals surface area contributed by atoms with Crippen molar-refractivity contribution in [2.24, 2.45) is 0 Å². The molecular weight excluding hydrogens is 135 g/mol. The molecule has 56 valence electrons. The van der Waals surface area contributed by atoms with Crippen LogP contribution in [0.2, 0.25) is 0 Å². The van der Waals surface area contributed by atoms with Gasteiger partial charge in [-0.25, -0.2) is 0 Å². The molecule has 0 aromatic carbocycles. The lowest BCUT2D eigenvalue weighted by atomic mass is 11.2. The lowest BCUT2D eigenvalue weighted by Crippen LogP contribution is -2.14. The summed E-state index contributed by atoms with van der Waals surface area (Å²) in [6, 6.07) is 0. The third kappa shape index (κ3) is 4.79. The van der Waals surface area contributed by atoms with Gasteiger partial charge in [0.05, 0.1) is 8.15 Å². The zero-order valence-corrected chi connectivity index (χ0v) is 7.16. The predicted molar refractivity (Wildman–Crippen MR) is 41.8 cm³/mol. The molecule has 0 saturated carbocycles. The Kier molecular flexibility index (Phi) is 6.65. The Labute approximate surface area is 58.0 Å². The van der Waals surface area contributed by atoms with E-state index in [1.807, 2.05) is 14.1 Å². The van der Waals surface area contributed by atoms with Crippen LogP contribution in [-0.4, -0.2) is 33.8 Å². The Bertz CT molecular complexity index is 56.9. The first kappa shape index (κ1) is 9.31. The summed E-state index contributed by atoms with van der Waals surface area (Å²) < 4.78 is 5.17. The van der Waals surface area contributed by atoms with Gasteiger partial charge in [-0.2, -0.15) is 0 Å². The van der Waals surface area contributed by atoms with E-state index in [0.29, 0.717) is 0 Å². The van der Waals surface area contributed by atoms with E-state index in [0.717, 1.165) is 12.6 Å². The second-order valence-electron chi connectivity index (χ2n) is 1.69. The summed E-state index contributed by atoms with van der Waals surface area (Å²) in [5.41, 5.74) is 0. The van der Waals surface area contributed by atoms with Gasteiger partial charge in [-0.05, 0) is 14.1 Å². The minimum absolute atomic E-state index is 0.281. The van der Waals surface area contributed by atoms with E-state index in [1.54, 1.807) is 7.11 Å². The highest BCUT2D eigenvalue weighted by Gasteiger charge is 2.01. The van der Waals surface area contributed by atoms with Crippen LogP contribution in [0.5, 0.6) is 0 Å².